The quantitative estimate of drug-likeness (QED) is 0.557. The van der Waals surface area contributed by atoms with E-state index in [-0.39, 0.29) is 5.91 Å². The highest BCUT2D eigenvalue weighted by atomic mass is 32.1. The molecule has 0 radical (unpaired) electrons. The average molecular weight is 385 g/mol. The second-order valence-electron chi connectivity index (χ2n) is 6.26. The van der Waals surface area contributed by atoms with Gasteiger partial charge in [0, 0.05) is 13.0 Å². The van der Waals surface area contributed by atoms with Crippen molar-refractivity contribution in [2.45, 2.75) is 32.6 Å². The Kier molecular flexibility index (Phi) is 6.59. The Hall–Kier alpha value is -2.67. The molecule has 3 rings (SSSR count). The average Bonchev–Trinajstić information content (AvgIpc) is 3.35. The van der Waals surface area contributed by atoms with Crippen molar-refractivity contribution in [1.82, 2.24) is 15.5 Å². The number of amides is 1. The van der Waals surface area contributed by atoms with Gasteiger partial charge in [0.05, 0.1) is 17.6 Å². The molecule has 0 bridgehead atoms. The number of nitrogens with one attached hydrogen (secondary N) is 1. The first-order chi connectivity index (χ1) is 13.2. The van der Waals surface area contributed by atoms with Crippen molar-refractivity contribution in [3.8, 4) is 16.5 Å². The first-order valence-electron chi connectivity index (χ1n) is 8.96. The van der Waals surface area contributed by atoms with E-state index in [1.165, 1.54) is 0 Å². The van der Waals surface area contributed by atoms with Crippen LogP contribution in [0.1, 0.15) is 41.1 Å². The predicted octanol–water partition coefficient (Wildman–Crippen LogP) is 4.26. The molecular weight excluding hydrogens is 362 g/mol. The molecule has 142 valence electrons. The van der Waals surface area contributed by atoms with Crippen LogP contribution in [0.25, 0.3) is 10.7 Å². The molecular formula is C20H23N3O3S. The molecule has 0 atom stereocenters. The summed E-state index contributed by atoms with van der Waals surface area (Å²) in [5.74, 6) is 1.80. The molecule has 1 aromatic carbocycles. The Morgan fingerprint density at radius 1 is 1.26 bits per heavy atom. The van der Waals surface area contributed by atoms with Gasteiger partial charge in [0.1, 0.15) is 5.75 Å². The number of benzene rings is 1. The molecule has 0 fully saturated rings. The molecule has 0 saturated heterocycles. The van der Waals surface area contributed by atoms with Crippen molar-refractivity contribution >= 4 is 17.2 Å². The minimum Gasteiger partial charge on any atom is -0.496 e. The fraction of sp³-hybridized carbons (Fsp3) is 0.350. The van der Waals surface area contributed by atoms with Gasteiger partial charge in [-0.1, -0.05) is 29.3 Å². The van der Waals surface area contributed by atoms with Crippen LogP contribution >= 0.6 is 11.3 Å². The van der Waals surface area contributed by atoms with Crippen molar-refractivity contribution in [2.75, 3.05) is 13.7 Å². The largest absolute Gasteiger partial charge is 0.496 e. The molecule has 1 N–H and O–H groups in total. The molecule has 0 unspecified atom stereocenters. The maximum atomic E-state index is 12.3. The maximum Gasteiger partial charge on any atom is 0.255 e. The third-order valence-corrected chi connectivity index (χ3v) is 5.03. The second kappa shape index (κ2) is 9.32. The monoisotopic (exact) mass is 385 g/mol. The van der Waals surface area contributed by atoms with Gasteiger partial charge in [-0.3, -0.25) is 4.79 Å². The normalized spacial score (nSPS) is 10.7. The van der Waals surface area contributed by atoms with Crippen LogP contribution in [-0.4, -0.2) is 29.7 Å². The van der Waals surface area contributed by atoms with Gasteiger partial charge in [-0.05, 0) is 43.3 Å². The number of methoxy groups -OCH3 is 1. The van der Waals surface area contributed by atoms with Gasteiger partial charge in [0.2, 0.25) is 11.7 Å². The highest BCUT2D eigenvalue weighted by Crippen LogP contribution is 2.22. The summed E-state index contributed by atoms with van der Waals surface area (Å²) >= 11 is 1.59. The van der Waals surface area contributed by atoms with Gasteiger partial charge in [-0.15, -0.1) is 11.3 Å². The van der Waals surface area contributed by atoms with Crippen molar-refractivity contribution in [1.29, 1.82) is 0 Å². The van der Waals surface area contributed by atoms with Crippen LogP contribution in [0.3, 0.4) is 0 Å². The van der Waals surface area contributed by atoms with E-state index in [9.17, 15) is 4.79 Å². The summed E-state index contributed by atoms with van der Waals surface area (Å²) < 4.78 is 10.6. The lowest BCUT2D eigenvalue weighted by molar-refractivity contribution is 0.0949. The zero-order chi connectivity index (χ0) is 19.1. The number of ether oxygens (including phenoxy) is 1. The van der Waals surface area contributed by atoms with Gasteiger partial charge >= 0.3 is 0 Å². The highest BCUT2D eigenvalue weighted by molar-refractivity contribution is 7.13. The standard InChI is InChI=1S/C20H23N3O3S/c1-14-9-10-16(25-2)15(13-14)20(24)21-11-5-3-4-8-18-22-19(23-26-18)17-7-6-12-27-17/h6-7,9-10,12-13H,3-5,8,11H2,1-2H3,(H,21,24). The predicted molar refractivity (Wildman–Crippen MR) is 105 cm³/mol. The number of aryl methyl sites for hydroxylation is 2. The smallest absolute Gasteiger partial charge is 0.255 e. The van der Waals surface area contributed by atoms with E-state index in [2.05, 4.69) is 15.5 Å². The molecule has 1 amide bonds. The molecule has 7 heteroatoms. The van der Waals surface area contributed by atoms with E-state index in [4.69, 9.17) is 9.26 Å². The van der Waals surface area contributed by atoms with Crippen LogP contribution in [0.15, 0.2) is 40.2 Å². The lowest BCUT2D eigenvalue weighted by Crippen LogP contribution is -2.25. The van der Waals surface area contributed by atoms with E-state index >= 15 is 0 Å². The minimum atomic E-state index is -0.104. The van der Waals surface area contributed by atoms with Crippen LogP contribution in [0.5, 0.6) is 5.75 Å². The number of unbranched alkanes of at least 4 members (excludes halogenated alkanes) is 2. The van der Waals surface area contributed by atoms with E-state index in [0.29, 0.717) is 29.6 Å². The van der Waals surface area contributed by atoms with Crippen LogP contribution < -0.4 is 10.1 Å². The molecule has 2 heterocycles. The molecule has 0 spiro atoms. The van der Waals surface area contributed by atoms with Gasteiger partial charge in [0.15, 0.2) is 0 Å². The first-order valence-corrected chi connectivity index (χ1v) is 9.84. The first kappa shape index (κ1) is 19.1. The molecule has 0 aliphatic carbocycles. The number of hydrogen-bond donors (Lipinski definition) is 1. The zero-order valence-electron chi connectivity index (χ0n) is 15.5. The van der Waals surface area contributed by atoms with Crippen molar-refractivity contribution in [3.05, 3.63) is 52.7 Å². The van der Waals surface area contributed by atoms with Gasteiger partial charge in [-0.2, -0.15) is 4.98 Å². The number of carbonyl (C=O) groups is 1. The fourth-order valence-corrected chi connectivity index (χ4v) is 3.39. The third kappa shape index (κ3) is 5.17. The SMILES string of the molecule is COc1ccc(C)cc1C(=O)NCCCCCc1nc(-c2cccs2)no1. The molecule has 27 heavy (non-hydrogen) atoms. The summed E-state index contributed by atoms with van der Waals surface area (Å²) in [6.07, 6.45) is 3.56. The van der Waals surface area contributed by atoms with Crippen LogP contribution in [-0.2, 0) is 6.42 Å². The fourth-order valence-electron chi connectivity index (χ4n) is 2.74. The van der Waals surface area contributed by atoms with Crippen molar-refractivity contribution < 1.29 is 14.1 Å². The number of carbonyl (C=O) groups excluding carboxylic acids is 1. The number of aromatic nitrogens is 2. The lowest BCUT2D eigenvalue weighted by Gasteiger charge is -2.10. The van der Waals surface area contributed by atoms with Crippen LogP contribution in [0.4, 0.5) is 0 Å². The summed E-state index contributed by atoms with van der Waals surface area (Å²) in [6.45, 7) is 2.58. The van der Waals surface area contributed by atoms with Crippen molar-refractivity contribution in [3.63, 3.8) is 0 Å². The summed E-state index contributed by atoms with van der Waals surface area (Å²) in [6, 6.07) is 9.53. The summed E-state index contributed by atoms with van der Waals surface area (Å²) in [5.41, 5.74) is 1.60. The maximum absolute atomic E-state index is 12.3. The number of hydrogen-bond acceptors (Lipinski definition) is 6. The van der Waals surface area contributed by atoms with E-state index in [1.54, 1.807) is 18.4 Å². The van der Waals surface area contributed by atoms with Gasteiger partial charge < -0.3 is 14.6 Å². The zero-order valence-corrected chi connectivity index (χ0v) is 16.3. The lowest BCUT2D eigenvalue weighted by atomic mass is 10.1. The second-order valence-corrected chi connectivity index (χ2v) is 7.21. The molecule has 0 saturated carbocycles. The molecule has 2 aromatic heterocycles. The van der Waals surface area contributed by atoms with Crippen LogP contribution in [0, 0.1) is 6.92 Å². The highest BCUT2D eigenvalue weighted by Gasteiger charge is 2.12. The van der Waals surface area contributed by atoms with E-state index in [0.717, 1.165) is 36.1 Å². The van der Waals surface area contributed by atoms with E-state index in [1.807, 2.05) is 42.6 Å². The molecule has 6 nitrogen and oxygen atoms in total. The number of thiophene rings is 1. The van der Waals surface area contributed by atoms with Gasteiger partial charge in [0.25, 0.3) is 5.91 Å². The summed E-state index contributed by atoms with van der Waals surface area (Å²) in [7, 11) is 1.57. The summed E-state index contributed by atoms with van der Waals surface area (Å²) in [5, 5.41) is 8.95. The van der Waals surface area contributed by atoms with Crippen molar-refractivity contribution in [2.24, 2.45) is 0 Å². The Bertz CT molecular complexity index is 874. The third-order valence-electron chi connectivity index (χ3n) is 4.16. The molecule has 3 aromatic rings. The Morgan fingerprint density at radius 2 is 2.15 bits per heavy atom. The Morgan fingerprint density at radius 3 is 2.93 bits per heavy atom. The van der Waals surface area contributed by atoms with Gasteiger partial charge in [-0.25, -0.2) is 0 Å². The number of nitrogens with zero attached hydrogens (tertiary/aromatic N) is 2. The topological polar surface area (TPSA) is 77.2 Å². The Balaban J connectivity index is 1.37. The van der Waals surface area contributed by atoms with E-state index < -0.39 is 0 Å². The Labute approximate surface area is 162 Å². The summed E-state index contributed by atoms with van der Waals surface area (Å²) in [4.78, 5) is 17.8. The van der Waals surface area contributed by atoms with Crippen LogP contribution in [0.2, 0.25) is 0 Å². The molecule has 0 aliphatic rings. The number of rotatable bonds is 9. The minimum absolute atomic E-state index is 0.104. The molecule has 0 aliphatic heterocycles.